The molecule has 0 saturated heterocycles. The van der Waals surface area contributed by atoms with Gasteiger partial charge in [0.1, 0.15) is 6.07 Å². The van der Waals surface area contributed by atoms with Gasteiger partial charge in [-0.2, -0.15) is 10.4 Å². The number of nitriles is 1. The van der Waals surface area contributed by atoms with Crippen molar-refractivity contribution in [1.82, 2.24) is 14.8 Å². The normalized spacial score (nSPS) is 10.8. The number of hydrogen-bond donors (Lipinski definition) is 1. The van der Waals surface area contributed by atoms with E-state index in [0.717, 1.165) is 24.2 Å². The molecule has 0 unspecified atom stereocenters. The monoisotopic (exact) mass is 242 g/mol. The molecule has 4 heteroatoms. The SMILES string of the molecule is CCc1c(C(C)C)c(C#N)cn1Cc1ccn[nH]1. The molecule has 94 valence electrons. The van der Waals surface area contributed by atoms with E-state index in [1.54, 1.807) is 6.20 Å². The maximum atomic E-state index is 9.24. The molecule has 0 aromatic carbocycles. The lowest BCUT2D eigenvalue weighted by Gasteiger charge is -2.11. The van der Waals surface area contributed by atoms with Gasteiger partial charge in [0, 0.05) is 18.1 Å². The number of nitrogens with zero attached hydrogens (tertiary/aromatic N) is 3. The lowest BCUT2D eigenvalue weighted by molar-refractivity contribution is 0.713. The van der Waals surface area contributed by atoms with Gasteiger partial charge in [-0.3, -0.25) is 5.10 Å². The first-order valence-electron chi connectivity index (χ1n) is 6.27. The van der Waals surface area contributed by atoms with Gasteiger partial charge >= 0.3 is 0 Å². The molecule has 0 atom stereocenters. The van der Waals surface area contributed by atoms with E-state index in [1.165, 1.54) is 11.3 Å². The van der Waals surface area contributed by atoms with E-state index in [-0.39, 0.29) is 0 Å². The maximum absolute atomic E-state index is 9.24. The molecule has 0 fully saturated rings. The van der Waals surface area contributed by atoms with Crippen molar-refractivity contribution >= 4 is 0 Å². The third-order valence-corrected chi connectivity index (χ3v) is 3.16. The Morgan fingerprint density at radius 3 is 2.78 bits per heavy atom. The van der Waals surface area contributed by atoms with Crippen molar-refractivity contribution in [3.8, 4) is 6.07 Å². The zero-order valence-corrected chi connectivity index (χ0v) is 11.1. The van der Waals surface area contributed by atoms with Crippen LogP contribution in [0, 0.1) is 11.3 Å². The van der Waals surface area contributed by atoms with Crippen LogP contribution in [0.2, 0.25) is 0 Å². The fraction of sp³-hybridized carbons (Fsp3) is 0.429. The summed E-state index contributed by atoms with van der Waals surface area (Å²) in [6, 6.07) is 4.26. The van der Waals surface area contributed by atoms with Crippen molar-refractivity contribution in [1.29, 1.82) is 5.26 Å². The highest BCUT2D eigenvalue weighted by atomic mass is 15.1. The Morgan fingerprint density at radius 2 is 2.28 bits per heavy atom. The molecule has 2 rings (SSSR count). The highest BCUT2D eigenvalue weighted by Gasteiger charge is 2.17. The zero-order chi connectivity index (χ0) is 13.1. The first-order valence-corrected chi connectivity index (χ1v) is 6.27. The topological polar surface area (TPSA) is 57.4 Å². The number of hydrogen-bond acceptors (Lipinski definition) is 2. The van der Waals surface area contributed by atoms with E-state index in [2.05, 4.69) is 41.6 Å². The quantitative estimate of drug-likeness (QED) is 0.896. The molecule has 2 aromatic heterocycles. The first-order chi connectivity index (χ1) is 8.67. The second kappa shape index (κ2) is 5.09. The van der Waals surface area contributed by atoms with Crippen LogP contribution in [-0.2, 0) is 13.0 Å². The molecule has 0 amide bonds. The van der Waals surface area contributed by atoms with Crippen molar-refractivity contribution in [2.75, 3.05) is 0 Å². The minimum Gasteiger partial charge on any atom is -0.344 e. The second-order valence-corrected chi connectivity index (χ2v) is 4.73. The summed E-state index contributed by atoms with van der Waals surface area (Å²) in [7, 11) is 0. The highest BCUT2D eigenvalue weighted by molar-refractivity contribution is 5.43. The van der Waals surface area contributed by atoms with Gasteiger partial charge in [0.2, 0.25) is 0 Å². The molecule has 2 heterocycles. The van der Waals surface area contributed by atoms with Gasteiger partial charge in [0.15, 0.2) is 0 Å². The van der Waals surface area contributed by atoms with Gasteiger partial charge in [-0.1, -0.05) is 20.8 Å². The van der Waals surface area contributed by atoms with Gasteiger partial charge in [-0.05, 0) is 24.0 Å². The molecule has 4 nitrogen and oxygen atoms in total. The molecule has 18 heavy (non-hydrogen) atoms. The summed E-state index contributed by atoms with van der Waals surface area (Å²) >= 11 is 0. The van der Waals surface area contributed by atoms with E-state index in [0.29, 0.717) is 5.92 Å². The van der Waals surface area contributed by atoms with Crippen molar-refractivity contribution in [2.45, 2.75) is 39.7 Å². The predicted molar refractivity (Wildman–Crippen MR) is 70.3 cm³/mol. The minimum atomic E-state index is 0.373. The number of nitrogens with one attached hydrogen (secondary N) is 1. The molecule has 0 aliphatic carbocycles. The smallest absolute Gasteiger partial charge is 0.101 e. The number of H-pyrrole nitrogens is 1. The van der Waals surface area contributed by atoms with Crippen LogP contribution >= 0.6 is 0 Å². The van der Waals surface area contributed by atoms with Crippen LogP contribution in [0.3, 0.4) is 0 Å². The summed E-state index contributed by atoms with van der Waals surface area (Å²) in [5.41, 5.74) is 4.27. The standard InChI is InChI=1S/C14H18N4/c1-4-13-14(10(2)3)11(7-15)8-18(13)9-12-5-6-16-17-12/h5-6,8,10H,4,9H2,1-3H3,(H,16,17). The third kappa shape index (κ3) is 2.17. The lowest BCUT2D eigenvalue weighted by Crippen LogP contribution is -2.05. The summed E-state index contributed by atoms with van der Waals surface area (Å²) in [5.74, 6) is 0.373. The molecule has 0 radical (unpaired) electrons. The Kier molecular flexibility index (Phi) is 3.52. The first kappa shape index (κ1) is 12.4. The van der Waals surface area contributed by atoms with Crippen molar-refractivity contribution in [3.63, 3.8) is 0 Å². The van der Waals surface area contributed by atoms with Crippen LogP contribution in [0.15, 0.2) is 18.5 Å². The van der Waals surface area contributed by atoms with Gasteiger partial charge in [-0.15, -0.1) is 0 Å². The molecule has 1 N–H and O–H groups in total. The summed E-state index contributed by atoms with van der Waals surface area (Å²) in [6.45, 7) is 7.14. The summed E-state index contributed by atoms with van der Waals surface area (Å²) in [5, 5.41) is 16.2. The second-order valence-electron chi connectivity index (χ2n) is 4.73. The Hall–Kier alpha value is -2.02. The zero-order valence-electron chi connectivity index (χ0n) is 11.1. The van der Waals surface area contributed by atoms with Gasteiger partial charge in [0.05, 0.1) is 17.8 Å². The molecule has 0 saturated carbocycles. The van der Waals surface area contributed by atoms with Crippen LogP contribution in [0.1, 0.15) is 49.2 Å². The van der Waals surface area contributed by atoms with Crippen LogP contribution in [0.25, 0.3) is 0 Å². The van der Waals surface area contributed by atoms with Crippen LogP contribution < -0.4 is 0 Å². The molecule has 0 aliphatic rings. The largest absolute Gasteiger partial charge is 0.344 e. The lowest BCUT2D eigenvalue weighted by atomic mass is 9.98. The Bertz CT molecular complexity index is 555. The van der Waals surface area contributed by atoms with Gasteiger partial charge < -0.3 is 4.57 Å². The van der Waals surface area contributed by atoms with E-state index in [1.807, 2.05) is 12.3 Å². The highest BCUT2D eigenvalue weighted by Crippen LogP contribution is 2.26. The number of aromatic amines is 1. The maximum Gasteiger partial charge on any atom is 0.101 e. The average molecular weight is 242 g/mol. The summed E-state index contributed by atoms with van der Waals surface area (Å²) < 4.78 is 2.15. The number of aromatic nitrogens is 3. The molecular formula is C14H18N4. The number of rotatable bonds is 4. The van der Waals surface area contributed by atoms with Crippen LogP contribution in [-0.4, -0.2) is 14.8 Å². The summed E-state index contributed by atoms with van der Waals surface area (Å²) in [4.78, 5) is 0. The van der Waals surface area contributed by atoms with E-state index < -0.39 is 0 Å². The molecular weight excluding hydrogens is 224 g/mol. The van der Waals surface area contributed by atoms with Crippen molar-refractivity contribution in [3.05, 3.63) is 41.0 Å². The van der Waals surface area contributed by atoms with Crippen molar-refractivity contribution < 1.29 is 0 Å². The van der Waals surface area contributed by atoms with Gasteiger partial charge in [0.25, 0.3) is 0 Å². The Labute approximate surface area is 107 Å². The third-order valence-electron chi connectivity index (χ3n) is 3.16. The van der Waals surface area contributed by atoms with Crippen LogP contribution in [0.4, 0.5) is 0 Å². The molecule has 0 bridgehead atoms. The fourth-order valence-electron chi connectivity index (χ4n) is 2.44. The van der Waals surface area contributed by atoms with Crippen molar-refractivity contribution in [2.24, 2.45) is 0 Å². The van der Waals surface area contributed by atoms with E-state index in [4.69, 9.17) is 0 Å². The van der Waals surface area contributed by atoms with Gasteiger partial charge in [-0.25, -0.2) is 0 Å². The Balaban J connectivity index is 2.45. The predicted octanol–water partition coefficient (Wildman–Crippen LogP) is 2.82. The summed E-state index contributed by atoms with van der Waals surface area (Å²) in [6.07, 6.45) is 4.64. The fourth-order valence-corrected chi connectivity index (χ4v) is 2.44. The Morgan fingerprint density at radius 1 is 1.50 bits per heavy atom. The minimum absolute atomic E-state index is 0.373. The van der Waals surface area contributed by atoms with Crippen LogP contribution in [0.5, 0.6) is 0 Å². The average Bonchev–Trinajstić information content (AvgIpc) is 2.96. The van der Waals surface area contributed by atoms with E-state index in [9.17, 15) is 5.26 Å². The molecule has 2 aromatic rings. The van der Waals surface area contributed by atoms with E-state index >= 15 is 0 Å². The molecule has 0 aliphatic heterocycles. The molecule has 0 spiro atoms.